The molecule has 3 aromatic rings. The average Bonchev–Trinajstić information content (AvgIpc) is 2.74. The Hall–Kier alpha value is -3.48. The van der Waals surface area contributed by atoms with Gasteiger partial charge in [0, 0.05) is 42.7 Å². The van der Waals surface area contributed by atoms with Crippen LogP contribution in [0, 0.1) is 5.92 Å². The zero-order chi connectivity index (χ0) is 20.2. The van der Waals surface area contributed by atoms with Crippen LogP contribution in [0.4, 0.5) is 17.2 Å². The van der Waals surface area contributed by atoms with Crippen LogP contribution in [0.15, 0.2) is 54.9 Å². The molecule has 2 heterocycles. The normalized spacial score (nSPS) is 14.6. The zero-order valence-electron chi connectivity index (χ0n) is 16.3. The SMILES string of the molecule is CC(=O)Nc1ccc(NC(=O)C2CCN(c3ncnc4ccccc34)CC2)cc1. The summed E-state index contributed by atoms with van der Waals surface area (Å²) in [7, 11) is 0. The zero-order valence-corrected chi connectivity index (χ0v) is 16.3. The predicted molar refractivity (Wildman–Crippen MR) is 114 cm³/mol. The van der Waals surface area contributed by atoms with E-state index in [4.69, 9.17) is 0 Å². The third-order valence-electron chi connectivity index (χ3n) is 5.16. The second kappa shape index (κ2) is 8.26. The molecule has 2 N–H and O–H groups in total. The number of aromatic nitrogens is 2. The molecule has 0 bridgehead atoms. The highest BCUT2D eigenvalue weighted by atomic mass is 16.2. The molecular weight excluding hydrogens is 366 g/mol. The Kier molecular flexibility index (Phi) is 5.37. The molecule has 7 heteroatoms. The summed E-state index contributed by atoms with van der Waals surface area (Å²) in [5.74, 6) is 0.812. The molecule has 29 heavy (non-hydrogen) atoms. The largest absolute Gasteiger partial charge is 0.356 e. The monoisotopic (exact) mass is 389 g/mol. The second-order valence-corrected chi connectivity index (χ2v) is 7.22. The minimum absolute atomic E-state index is 0.0319. The smallest absolute Gasteiger partial charge is 0.227 e. The Morgan fingerprint density at radius 3 is 2.28 bits per heavy atom. The first-order chi connectivity index (χ1) is 14.1. The third-order valence-corrected chi connectivity index (χ3v) is 5.16. The molecular formula is C22H23N5O2. The van der Waals surface area contributed by atoms with E-state index >= 15 is 0 Å². The third kappa shape index (κ3) is 4.34. The molecule has 1 saturated heterocycles. The van der Waals surface area contributed by atoms with Gasteiger partial charge in [0.05, 0.1) is 5.52 Å². The lowest BCUT2D eigenvalue weighted by Gasteiger charge is -2.32. The molecule has 2 aromatic carbocycles. The number of piperidine rings is 1. The van der Waals surface area contributed by atoms with E-state index in [2.05, 4.69) is 25.5 Å². The molecule has 0 spiro atoms. The Morgan fingerprint density at radius 1 is 0.931 bits per heavy atom. The number of hydrogen-bond acceptors (Lipinski definition) is 5. The fraction of sp³-hybridized carbons (Fsp3) is 0.273. The molecule has 7 nitrogen and oxygen atoms in total. The summed E-state index contributed by atoms with van der Waals surface area (Å²) in [6.07, 6.45) is 3.14. The van der Waals surface area contributed by atoms with Crippen molar-refractivity contribution in [2.24, 2.45) is 5.92 Å². The topological polar surface area (TPSA) is 87.2 Å². The molecule has 0 unspecified atom stereocenters. The van der Waals surface area contributed by atoms with Gasteiger partial charge in [-0.2, -0.15) is 0 Å². The first-order valence-corrected chi connectivity index (χ1v) is 9.73. The lowest BCUT2D eigenvalue weighted by Crippen LogP contribution is -2.38. The van der Waals surface area contributed by atoms with Crippen molar-refractivity contribution in [3.05, 3.63) is 54.9 Å². The van der Waals surface area contributed by atoms with Crippen molar-refractivity contribution in [3.63, 3.8) is 0 Å². The summed E-state index contributed by atoms with van der Waals surface area (Å²) in [6, 6.07) is 15.1. The fourth-order valence-electron chi connectivity index (χ4n) is 3.68. The van der Waals surface area contributed by atoms with Crippen LogP contribution in [0.5, 0.6) is 0 Å². The molecule has 0 aliphatic carbocycles. The highest BCUT2D eigenvalue weighted by Crippen LogP contribution is 2.28. The highest BCUT2D eigenvalue weighted by molar-refractivity contribution is 5.94. The maximum absolute atomic E-state index is 12.7. The summed E-state index contributed by atoms with van der Waals surface area (Å²) in [5.41, 5.74) is 2.37. The number of carbonyl (C=O) groups excluding carboxylic acids is 2. The van der Waals surface area contributed by atoms with Gasteiger partial charge in [-0.3, -0.25) is 9.59 Å². The number of nitrogens with one attached hydrogen (secondary N) is 2. The fourth-order valence-corrected chi connectivity index (χ4v) is 3.68. The summed E-state index contributed by atoms with van der Waals surface area (Å²) in [4.78, 5) is 34.8. The van der Waals surface area contributed by atoms with E-state index < -0.39 is 0 Å². The molecule has 0 radical (unpaired) electrons. The van der Waals surface area contributed by atoms with Gasteiger partial charge in [0.15, 0.2) is 0 Å². The molecule has 1 fully saturated rings. The van der Waals surface area contributed by atoms with Gasteiger partial charge in [-0.1, -0.05) is 12.1 Å². The average molecular weight is 389 g/mol. The van der Waals surface area contributed by atoms with Crippen molar-refractivity contribution in [1.82, 2.24) is 9.97 Å². The second-order valence-electron chi connectivity index (χ2n) is 7.22. The number of benzene rings is 2. The number of hydrogen-bond donors (Lipinski definition) is 2. The van der Waals surface area contributed by atoms with Gasteiger partial charge in [-0.15, -0.1) is 0 Å². The minimum atomic E-state index is -0.120. The van der Waals surface area contributed by atoms with Gasteiger partial charge in [0.25, 0.3) is 0 Å². The molecule has 4 rings (SSSR count). The summed E-state index contributed by atoms with van der Waals surface area (Å²) < 4.78 is 0. The summed E-state index contributed by atoms with van der Waals surface area (Å²) in [5, 5.41) is 6.73. The number of carbonyl (C=O) groups is 2. The Bertz CT molecular complexity index is 1020. The lowest BCUT2D eigenvalue weighted by molar-refractivity contribution is -0.120. The van der Waals surface area contributed by atoms with Gasteiger partial charge in [0.1, 0.15) is 12.1 Å². The van der Waals surface area contributed by atoms with Crippen LogP contribution in [0.2, 0.25) is 0 Å². The number of amides is 2. The van der Waals surface area contributed by atoms with Gasteiger partial charge in [0.2, 0.25) is 11.8 Å². The first-order valence-electron chi connectivity index (χ1n) is 9.73. The first kappa shape index (κ1) is 18.9. The number of anilines is 3. The van der Waals surface area contributed by atoms with Crippen molar-refractivity contribution in [2.75, 3.05) is 28.6 Å². The van der Waals surface area contributed by atoms with E-state index in [0.29, 0.717) is 5.69 Å². The standard InChI is InChI=1S/C22H23N5O2/c1-15(28)25-17-6-8-18(9-7-17)26-22(29)16-10-12-27(13-11-16)21-19-4-2-3-5-20(19)23-14-24-21/h2-9,14,16H,10-13H2,1H3,(H,25,28)(H,26,29). The van der Waals surface area contributed by atoms with Crippen molar-refractivity contribution >= 4 is 39.9 Å². The van der Waals surface area contributed by atoms with Gasteiger partial charge in [-0.25, -0.2) is 9.97 Å². The van der Waals surface area contributed by atoms with E-state index in [0.717, 1.165) is 48.3 Å². The Labute approximate surface area is 169 Å². The van der Waals surface area contributed by atoms with E-state index in [-0.39, 0.29) is 17.7 Å². The Balaban J connectivity index is 1.36. The van der Waals surface area contributed by atoms with Crippen molar-refractivity contribution in [2.45, 2.75) is 19.8 Å². The number of nitrogens with zero attached hydrogens (tertiary/aromatic N) is 3. The molecule has 1 aliphatic rings. The van der Waals surface area contributed by atoms with Crippen molar-refractivity contribution < 1.29 is 9.59 Å². The number of fused-ring (bicyclic) bond motifs is 1. The van der Waals surface area contributed by atoms with E-state index in [1.807, 2.05) is 24.3 Å². The predicted octanol–water partition coefficient (Wildman–Crippen LogP) is 3.44. The van der Waals surface area contributed by atoms with Crippen molar-refractivity contribution in [3.8, 4) is 0 Å². The van der Waals surface area contributed by atoms with Crippen LogP contribution in [-0.2, 0) is 9.59 Å². The van der Waals surface area contributed by atoms with Crippen LogP contribution in [0.3, 0.4) is 0 Å². The number of rotatable bonds is 4. The minimum Gasteiger partial charge on any atom is -0.356 e. The molecule has 0 saturated carbocycles. The lowest BCUT2D eigenvalue weighted by atomic mass is 9.95. The molecule has 1 aliphatic heterocycles. The van der Waals surface area contributed by atoms with E-state index in [9.17, 15) is 9.59 Å². The van der Waals surface area contributed by atoms with Crippen LogP contribution >= 0.6 is 0 Å². The maximum Gasteiger partial charge on any atom is 0.227 e. The molecule has 2 amide bonds. The Morgan fingerprint density at radius 2 is 1.59 bits per heavy atom. The van der Waals surface area contributed by atoms with E-state index in [1.54, 1.807) is 30.6 Å². The molecule has 0 atom stereocenters. The number of para-hydroxylation sites is 1. The summed E-state index contributed by atoms with van der Waals surface area (Å²) in [6.45, 7) is 3.02. The summed E-state index contributed by atoms with van der Waals surface area (Å²) >= 11 is 0. The van der Waals surface area contributed by atoms with E-state index in [1.165, 1.54) is 6.92 Å². The van der Waals surface area contributed by atoms with Crippen LogP contribution in [0.25, 0.3) is 10.9 Å². The van der Waals surface area contributed by atoms with Crippen molar-refractivity contribution in [1.29, 1.82) is 0 Å². The molecule has 148 valence electrons. The molecule has 1 aromatic heterocycles. The van der Waals surface area contributed by atoms with Crippen LogP contribution in [0.1, 0.15) is 19.8 Å². The van der Waals surface area contributed by atoms with Gasteiger partial charge < -0.3 is 15.5 Å². The van der Waals surface area contributed by atoms with Crippen LogP contribution < -0.4 is 15.5 Å². The van der Waals surface area contributed by atoms with Crippen LogP contribution in [-0.4, -0.2) is 34.9 Å². The van der Waals surface area contributed by atoms with Gasteiger partial charge in [-0.05, 0) is 49.2 Å². The highest BCUT2D eigenvalue weighted by Gasteiger charge is 2.26. The van der Waals surface area contributed by atoms with Gasteiger partial charge >= 0.3 is 0 Å². The maximum atomic E-state index is 12.7. The quantitative estimate of drug-likeness (QED) is 0.714.